The van der Waals surface area contributed by atoms with E-state index in [0.717, 1.165) is 18.4 Å². The van der Waals surface area contributed by atoms with Crippen LogP contribution in [-0.2, 0) is 9.59 Å². The molecule has 7 heteroatoms. The number of imide groups is 1. The standard InChI is InChI=1S/C18H22FN3O3/c1-12-6-7-13(19)11-14(12)20-15(23)5-4-10-22-16(24)18(21-17(22)25)8-2-3-9-18/h6-7,11H,2-5,8-10H2,1H3,(H,20,23)(H,21,25). The molecule has 3 rings (SSSR count). The summed E-state index contributed by atoms with van der Waals surface area (Å²) in [6.45, 7) is 1.99. The van der Waals surface area contributed by atoms with Crippen LogP contribution in [0.4, 0.5) is 14.9 Å². The van der Waals surface area contributed by atoms with Crippen LogP contribution < -0.4 is 10.6 Å². The molecular formula is C18H22FN3O3. The SMILES string of the molecule is Cc1ccc(F)cc1NC(=O)CCCN1C(=O)NC2(CCCC2)C1=O. The molecule has 1 aliphatic heterocycles. The fraction of sp³-hybridized carbons (Fsp3) is 0.500. The fourth-order valence-corrected chi connectivity index (χ4v) is 3.54. The summed E-state index contributed by atoms with van der Waals surface area (Å²) in [6.07, 6.45) is 3.78. The first-order valence-electron chi connectivity index (χ1n) is 8.61. The summed E-state index contributed by atoms with van der Waals surface area (Å²) in [5, 5.41) is 5.48. The van der Waals surface area contributed by atoms with E-state index in [-0.39, 0.29) is 30.8 Å². The normalized spacial score (nSPS) is 18.7. The molecule has 134 valence electrons. The number of rotatable bonds is 5. The average molecular weight is 347 g/mol. The molecule has 0 unspecified atom stereocenters. The summed E-state index contributed by atoms with van der Waals surface area (Å²) in [5.41, 5.74) is 0.495. The van der Waals surface area contributed by atoms with Crippen molar-refractivity contribution in [2.45, 2.75) is 51.0 Å². The first-order chi connectivity index (χ1) is 11.9. The molecule has 1 aromatic rings. The first kappa shape index (κ1) is 17.4. The summed E-state index contributed by atoms with van der Waals surface area (Å²) in [6, 6.07) is 3.84. The van der Waals surface area contributed by atoms with Gasteiger partial charge in [0.25, 0.3) is 5.91 Å². The number of nitrogens with zero attached hydrogens (tertiary/aromatic N) is 1. The Kier molecular flexibility index (Phi) is 4.74. The highest BCUT2D eigenvalue weighted by molar-refractivity contribution is 6.07. The van der Waals surface area contributed by atoms with E-state index < -0.39 is 11.4 Å². The maximum atomic E-state index is 13.2. The van der Waals surface area contributed by atoms with Crippen LogP contribution in [0.25, 0.3) is 0 Å². The second kappa shape index (κ2) is 6.82. The van der Waals surface area contributed by atoms with Crippen LogP contribution in [-0.4, -0.2) is 34.8 Å². The topological polar surface area (TPSA) is 78.5 Å². The monoisotopic (exact) mass is 347 g/mol. The van der Waals surface area contributed by atoms with E-state index in [1.54, 1.807) is 13.0 Å². The van der Waals surface area contributed by atoms with Gasteiger partial charge in [0, 0.05) is 18.7 Å². The number of carbonyl (C=O) groups is 3. The zero-order valence-electron chi connectivity index (χ0n) is 14.2. The molecule has 0 aromatic heterocycles. The number of anilines is 1. The molecule has 1 aliphatic carbocycles. The molecule has 2 N–H and O–H groups in total. The average Bonchev–Trinajstić information content (AvgIpc) is 3.12. The van der Waals surface area contributed by atoms with Gasteiger partial charge in [0.05, 0.1) is 0 Å². The molecule has 1 aromatic carbocycles. The van der Waals surface area contributed by atoms with Crippen LogP contribution >= 0.6 is 0 Å². The number of nitrogens with one attached hydrogen (secondary N) is 2. The first-order valence-corrected chi connectivity index (χ1v) is 8.61. The number of benzene rings is 1. The van der Waals surface area contributed by atoms with Crippen molar-refractivity contribution in [2.24, 2.45) is 0 Å². The highest BCUT2D eigenvalue weighted by Gasteiger charge is 2.51. The lowest BCUT2D eigenvalue weighted by Gasteiger charge is -2.19. The van der Waals surface area contributed by atoms with Crippen molar-refractivity contribution in [1.29, 1.82) is 0 Å². The third kappa shape index (κ3) is 3.50. The van der Waals surface area contributed by atoms with Crippen LogP contribution in [0.15, 0.2) is 18.2 Å². The molecule has 0 radical (unpaired) electrons. The number of amides is 4. The molecule has 1 saturated heterocycles. The number of urea groups is 1. The van der Waals surface area contributed by atoms with Gasteiger partial charge in [-0.25, -0.2) is 9.18 Å². The van der Waals surface area contributed by atoms with Crippen molar-refractivity contribution in [3.05, 3.63) is 29.6 Å². The van der Waals surface area contributed by atoms with Crippen LogP contribution in [0.1, 0.15) is 44.1 Å². The van der Waals surface area contributed by atoms with Gasteiger partial charge in [-0.15, -0.1) is 0 Å². The van der Waals surface area contributed by atoms with E-state index in [2.05, 4.69) is 10.6 Å². The van der Waals surface area contributed by atoms with Gasteiger partial charge in [-0.1, -0.05) is 18.9 Å². The number of hydrogen-bond acceptors (Lipinski definition) is 3. The highest BCUT2D eigenvalue weighted by Crippen LogP contribution is 2.35. The van der Waals surface area contributed by atoms with Gasteiger partial charge in [-0.05, 0) is 43.9 Å². The number of aryl methyl sites for hydroxylation is 1. The predicted octanol–water partition coefficient (Wildman–Crippen LogP) is 2.72. The lowest BCUT2D eigenvalue weighted by atomic mass is 9.98. The maximum Gasteiger partial charge on any atom is 0.325 e. The summed E-state index contributed by atoms with van der Waals surface area (Å²) in [4.78, 5) is 37.8. The lowest BCUT2D eigenvalue weighted by Crippen LogP contribution is -2.44. The zero-order valence-corrected chi connectivity index (χ0v) is 14.2. The van der Waals surface area contributed by atoms with E-state index >= 15 is 0 Å². The summed E-state index contributed by atoms with van der Waals surface area (Å²) < 4.78 is 13.2. The molecule has 0 atom stereocenters. The summed E-state index contributed by atoms with van der Waals surface area (Å²) in [5.74, 6) is -0.852. The molecule has 1 heterocycles. The van der Waals surface area contributed by atoms with Crippen molar-refractivity contribution < 1.29 is 18.8 Å². The van der Waals surface area contributed by atoms with E-state index in [4.69, 9.17) is 0 Å². The Labute approximate surface area is 145 Å². The van der Waals surface area contributed by atoms with Crippen molar-refractivity contribution in [3.8, 4) is 0 Å². The molecule has 2 aliphatic rings. The van der Waals surface area contributed by atoms with E-state index in [1.165, 1.54) is 17.0 Å². The van der Waals surface area contributed by atoms with Crippen molar-refractivity contribution in [2.75, 3.05) is 11.9 Å². The van der Waals surface area contributed by atoms with Gasteiger partial charge >= 0.3 is 6.03 Å². The van der Waals surface area contributed by atoms with Gasteiger partial charge in [0.2, 0.25) is 5.91 Å². The lowest BCUT2D eigenvalue weighted by molar-refractivity contribution is -0.131. The quantitative estimate of drug-likeness (QED) is 0.804. The molecule has 0 bridgehead atoms. The zero-order chi connectivity index (χ0) is 18.0. The number of hydrogen-bond donors (Lipinski definition) is 2. The third-order valence-corrected chi connectivity index (χ3v) is 4.96. The summed E-state index contributed by atoms with van der Waals surface area (Å²) in [7, 11) is 0. The molecule has 6 nitrogen and oxygen atoms in total. The maximum absolute atomic E-state index is 13.2. The number of halogens is 1. The van der Waals surface area contributed by atoms with Crippen LogP contribution in [0.2, 0.25) is 0 Å². The van der Waals surface area contributed by atoms with E-state index in [0.29, 0.717) is 24.9 Å². The molecule has 25 heavy (non-hydrogen) atoms. The van der Waals surface area contributed by atoms with Crippen LogP contribution in [0.3, 0.4) is 0 Å². The van der Waals surface area contributed by atoms with Crippen molar-refractivity contribution in [3.63, 3.8) is 0 Å². The highest BCUT2D eigenvalue weighted by atomic mass is 19.1. The van der Waals surface area contributed by atoms with Crippen molar-refractivity contribution >= 4 is 23.5 Å². The Morgan fingerprint density at radius 3 is 2.76 bits per heavy atom. The van der Waals surface area contributed by atoms with Gasteiger partial charge in [0.1, 0.15) is 11.4 Å². The molecule has 4 amide bonds. The van der Waals surface area contributed by atoms with Gasteiger partial charge in [-0.3, -0.25) is 14.5 Å². The second-order valence-electron chi connectivity index (χ2n) is 6.79. The predicted molar refractivity (Wildman–Crippen MR) is 90.4 cm³/mol. The molecule has 1 saturated carbocycles. The minimum atomic E-state index is -0.710. The second-order valence-corrected chi connectivity index (χ2v) is 6.79. The Morgan fingerprint density at radius 1 is 1.32 bits per heavy atom. The molecule has 1 spiro atoms. The summed E-state index contributed by atoms with van der Waals surface area (Å²) >= 11 is 0. The Morgan fingerprint density at radius 2 is 2.04 bits per heavy atom. The van der Waals surface area contributed by atoms with Gasteiger partial charge < -0.3 is 10.6 Å². The third-order valence-electron chi connectivity index (χ3n) is 4.96. The Hall–Kier alpha value is -2.44. The van der Waals surface area contributed by atoms with Gasteiger partial charge in [0.15, 0.2) is 0 Å². The molecular weight excluding hydrogens is 325 g/mol. The van der Waals surface area contributed by atoms with E-state index in [1.807, 2.05) is 0 Å². The Balaban J connectivity index is 1.51. The Bertz CT molecular complexity index is 714. The fourth-order valence-electron chi connectivity index (χ4n) is 3.54. The van der Waals surface area contributed by atoms with E-state index in [9.17, 15) is 18.8 Å². The molecule has 2 fully saturated rings. The smallest absolute Gasteiger partial charge is 0.325 e. The van der Waals surface area contributed by atoms with Gasteiger partial charge in [-0.2, -0.15) is 0 Å². The largest absolute Gasteiger partial charge is 0.326 e. The minimum absolute atomic E-state index is 0.153. The van der Waals surface area contributed by atoms with Crippen LogP contribution in [0, 0.1) is 12.7 Å². The van der Waals surface area contributed by atoms with Crippen LogP contribution in [0.5, 0.6) is 0 Å². The minimum Gasteiger partial charge on any atom is -0.326 e. The number of carbonyl (C=O) groups excluding carboxylic acids is 3. The van der Waals surface area contributed by atoms with Crippen molar-refractivity contribution in [1.82, 2.24) is 10.2 Å².